The molecule has 1 atom stereocenters. The molecule has 0 amide bonds. The topological polar surface area (TPSA) is 43.4 Å². The Hall–Kier alpha value is -1.06. The van der Waals surface area contributed by atoms with Crippen LogP contribution in [0.2, 0.25) is 10.0 Å². The predicted octanol–water partition coefficient (Wildman–Crippen LogP) is 3.41. The second-order valence-corrected chi connectivity index (χ2v) is 4.57. The van der Waals surface area contributed by atoms with Crippen molar-refractivity contribution in [2.24, 2.45) is 5.92 Å². The van der Waals surface area contributed by atoms with E-state index in [0.717, 1.165) is 0 Å². The van der Waals surface area contributed by atoms with Gasteiger partial charge in [-0.15, -0.1) is 0 Å². The molecule has 0 fully saturated rings. The van der Waals surface area contributed by atoms with Crippen molar-refractivity contribution >= 4 is 34.8 Å². The summed E-state index contributed by atoms with van der Waals surface area (Å²) in [5.41, 5.74) is 0.544. The van der Waals surface area contributed by atoms with Crippen LogP contribution in [0.15, 0.2) is 6.07 Å². The summed E-state index contributed by atoms with van der Waals surface area (Å²) in [6.07, 6.45) is 0.461. The Morgan fingerprint density at radius 2 is 1.88 bits per heavy atom. The minimum absolute atomic E-state index is 0.107. The number of carbonyl (C=O) groups is 2. The fraction of sp³-hybridized carbons (Fsp3) is 0.333. The first-order valence-electron chi connectivity index (χ1n) is 5.17. The van der Waals surface area contributed by atoms with Gasteiger partial charge in [-0.3, -0.25) is 9.59 Å². The Labute approximate surface area is 109 Å². The number of ketones is 2. The standard InChI is InChI=1S/C12H10Cl2O3/c1-3-5-11(15)6-4-7(17-2)9(13)10(14)8(6)12(5)16/h4-5H,3H2,1-2H3. The minimum Gasteiger partial charge on any atom is -0.495 e. The molecule has 0 aromatic heterocycles. The van der Waals surface area contributed by atoms with Crippen molar-refractivity contribution in [2.45, 2.75) is 13.3 Å². The Balaban J connectivity index is 2.71. The number of rotatable bonds is 2. The van der Waals surface area contributed by atoms with Crippen molar-refractivity contribution in [1.82, 2.24) is 0 Å². The van der Waals surface area contributed by atoms with Gasteiger partial charge in [0.1, 0.15) is 10.8 Å². The summed E-state index contributed by atoms with van der Waals surface area (Å²) in [5.74, 6) is -0.773. The first-order valence-corrected chi connectivity index (χ1v) is 5.92. The SMILES string of the molecule is CCC1C(=O)c2cc(OC)c(Cl)c(Cl)c2C1=O. The zero-order valence-corrected chi connectivity index (χ0v) is 10.9. The molecule has 0 heterocycles. The molecule has 0 spiro atoms. The zero-order chi connectivity index (χ0) is 12.7. The molecule has 1 unspecified atom stereocenters. The molecule has 90 valence electrons. The van der Waals surface area contributed by atoms with Gasteiger partial charge >= 0.3 is 0 Å². The normalized spacial score (nSPS) is 18.5. The first kappa shape index (κ1) is 12.4. The van der Waals surface area contributed by atoms with Gasteiger partial charge in [-0.05, 0) is 12.5 Å². The molecule has 1 aliphatic rings. The molecule has 3 nitrogen and oxygen atoms in total. The number of halogens is 2. The summed E-state index contributed by atoms with van der Waals surface area (Å²) >= 11 is 12.0. The van der Waals surface area contributed by atoms with E-state index in [4.69, 9.17) is 27.9 Å². The largest absolute Gasteiger partial charge is 0.495 e. The fourth-order valence-corrected chi connectivity index (χ4v) is 2.55. The maximum absolute atomic E-state index is 12.0. The lowest BCUT2D eigenvalue weighted by molar-refractivity contribution is 0.0835. The highest BCUT2D eigenvalue weighted by Crippen LogP contribution is 2.42. The first-order chi connectivity index (χ1) is 8.02. The van der Waals surface area contributed by atoms with E-state index in [1.165, 1.54) is 13.2 Å². The average Bonchev–Trinajstić information content (AvgIpc) is 2.55. The molecule has 1 aromatic rings. The smallest absolute Gasteiger partial charge is 0.175 e. The van der Waals surface area contributed by atoms with Crippen LogP contribution in [0.4, 0.5) is 0 Å². The van der Waals surface area contributed by atoms with Crippen molar-refractivity contribution in [1.29, 1.82) is 0 Å². The molecule has 1 aromatic carbocycles. The number of ether oxygens (including phenoxy) is 1. The van der Waals surface area contributed by atoms with Gasteiger partial charge in [0, 0.05) is 11.1 Å². The molecule has 0 N–H and O–H groups in total. The Morgan fingerprint density at radius 3 is 2.41 bits per heavy atom. The van der Waals surface area contributed by atoms with Crippen LogP contribution in [0.1, 0.15) is 34.1 Å². The number of benzene rings is 1. The summed E-state index contributed by atoms with van der Waals surface area (Å²) in [5, 5.41) is 0.279. The van der Waals surface area contributed by atoms with Crippen molar-refractivity contribution in [3.8, 4) is 5.75 Å². The fourth-order valence-electron chi connectivity index (χ4n) is 2.04. The van der Waals surface area contributed by atoms with Crippen molar-refractivity contribution in [3.05, 3.63) is 27.2 Å². The van der Waals surface area contributed by atoms with E-state index in [1.807, 2.05) is 0 Å². The van der Waals surface area contributed by atoms with Crippen molar-refractivity contribution in [3.63, 3.8) is 0 Å². The quantitative estimate of drug-likeness (QED) is 0.775. The summed E-state index contributed by atoms with van der Waals surface area (Å²) in [6.45, 7) is 1.79. The van der Waals surface area contributed by atoms with Gasteiger partial charge in [0.25, 0.3) is 0 Å². The highest BCUT2D eigenvalue weighted by molar-refractivity contribution is 6.47. The minimum atomic E-state index is -0.634. The number of hydrogen-bond acceptors (Lipinski definition) is 3. The molecule has 1 aliphatic carbocycles. The van der Waals surface area contributed by atoms with E-state index in [1.54, 1.807) is 6.92 Å². The van der Waals surface area contributed by atoms with E-state index in [0.29, 0.717) is 17.7 Å². The number of methoxy groups -OCH3 is 1. The second-order valence-electron chi connectivity index (χ2n) is 3.82. The highest BCUT2D eigenvalue weighted by Gasteiger charge is 2.40. The number of hydrogen-bond donors (Lipinski definition) is 0. The third kappa shape index (κ3) is 1.65. The van der Waals surface area contributed by atoms with Crippen LogP contribution in [0.5, 0.6) is 5.75 Å². The zero-order valence-electron chi connectivity index (χ0n) is 9.34. The monoisotopic (exact) mass is 272 g/mol. The lowest BCUT2D eigenvalue weighted by atomic mass is 10.0. The van der Waals surface area contributed by atoms with Crippen LogP contribution in [0, 0.1) is 5.92 Å². The molecule has 0 bridgehead atoms. The maximum Gasteiger partial charge on any atom is 0.175 e. The van der Waals surface area contributed by atoms with Gasteiger partial charge in [-0.2, -0.15) is 0 Å². The van der Waals surface area contributed by atoms with E-state index in [9.17, 15) is 9.59 Å². The van der Waals surface area contributed by atoms with E-state index < -0.39 is 5.92 Å². The van der Waals surface area contributed by atoms with Crippen LogP contribution in [0.25, 0.3) is 0 Å². The number of fused-ring (bicyclic) bond motifs is 1. The molecule has 0 saturated carbocycles. The molecule has 2 rings (SSSR count). The predicted molar refractivity (Wildman–Crippen MR) is 65.5 cm³/mol. The summed E-state index contributed by atoms with van der Waals surface area (Å²) in [7, 11) is 1.43. The van der Waals surface area contributed by atoms with Crippen LogP contribution < -0.4 is 4.74 Å². The average molecular weight is 273 g/mol. The summed E-state index contributed by atoms with van der Waals surface area (Å²) in [4.78, 5) is 24.0. The molecule has 0 saturated heterocycles. The number of Topliss-reactive ketones (excluding diaryl/α,β-unsaturated/α-hetero) is 2. The van der Waals surface area contributed by atoms with Gasteiger partial charge < -0.3 is 4.74 Å². The van der Waals surface area contributed by atoms with Gasteiger partial charge in [-0.1, -0.05) is 30.1 Å². The Morgan fingerprint density at radius 1 is 1.24 bits per heavy atom. The van der Waals surface area contributed by atoms with Gasteiger partial charge in [-0.25, -0.2) is 0 Å². The van der Waals surface area contributed by atoms with Gasteiger partial charge in [0.2, 0.25) is 0 Å². The van der Waals surface area contributed by atoms with Gasteiger partial charge in [0.15, 0.2) is 11.6 Å². The van der Waals surface area contributed by atoms with Crippen molar-refractivity contribution in [2.75, 3.05) is 7.11 Å². The van der Waals surface area contributed by atoms with E-state index in [-0.39, 0.29) is 27.2 Å². The lowest BCUT2D eigenvalue weighted by Gasteiger charge is -2.07. The maximum atomic E-state index is 12.0. The lowest BCUT2D eigenvalue weighted by Crippen LogP contribution is -2.13. The van der Waals surface area contributed by atoms with E-state index >= 15 is 0 Å². The number of carbonyl (C=O) groups excluding carboxylic acids is 2. The van der Waals surface area contributed by atoms with Crippen molar-refractivity contribution < 1.29 is 14.3 Å². The second kappa shape index (κ2) is 4.31. The van der Waals surface area contributed by atoms with Crippen LogP contribution >= 0.6 is 23.2 Å². The highest BCUT2D eigenvalue weighted by atomic mass is 35.5. The third-order valence-corrected chi connectivity index (χ3v) is 3.80. The molecule has 5 heteroatoms. The van der Waals surface area contributed by atoms with Crippen LogP contribution in [-0.2, 0) is 0 Å². The molecular formula is C12H10Cl2O3. The van der Waals surface area contributed by atoms with Crippen LogP contribution in [-0.4, -0.2) is 18.7 Å². The van der Waals surface area contributed by atoms with E-state index in [2.05, 4.69) is 0 Å². The Bertz CT molecular complexity index is 523. The third-order valence-electron chi connectivity index (χ3n) is 2.95. The molecule has 0 aliphatic heterocycles. The molecule has 17 heavy (non-hydrogen) atoms. The van der Waals surface area contributed by atoms with Crippen LogP contribution in [0.3, 0.4) is 0 Å². The molecule has 0 radical (unpaired) electrons. The summed E-state index contributed by atoms with van der Waals surface area (Å²) in [6, 6.07) is 1.49. The molecular weight excluding hydrogens is 263 g/mol. The Kier molecular flexibility index (Phi) is 3.15. The summed E-state index contributed by atoms with van der Waals surface area (Å²) < 4.78 is 5.02. The van der Waals surface area contributed by atoms with Gasteiger partial charge in [0.05, 0.1) is 18.1 Å².